The minimum Gasteiger partial charge on any atom is -0.335 e. The summed E-state index contributed by atoms with van der Waals surface area (Å²) < 4.78 is 0. The van der Waals surface area contributed by atoms with Gasteiger partial charge in [-0.2, -0.15) is 5.11 Å². The van der Waals surface area contributed by atoms with Crippen LogP contribution in [-0.2, 0) is 4.79 Å². The summed E-state index contributed by atoms with van der Waals surface area (Å²) in [6.07, 6.45) is 3.73. The first-order valence-electron chi connectivity index (χ1n) is 10.8. The van der Waals surface area contributed by atoms with Gasteiger partial charge in [0, 0.05) is 34.8 Å². The average molecular weight is 455 g/mol. The summed E-state index contributed by atoms with van der Waals surface area (Å²) in [5.41, 5.74) is 3.16. The van der Waals surface area contributed by atoms with Crippen LogP contribution in [0.5, 0.6) is 0 Å². The maximum Gasteiger partial charge on any atom is 0.226 e. The second kappa shape index (κ2) is 8.71. The number of benzene rings is 2. The van der Waals surface area contributed by atoms with Gasteiger partial charge in [0.2, 0.25) is 5.91 Å². The van der Waals surface area contributed by atoms with E-state index in [1.807, 2.05) is 30.3 Å². The number of piperidine rings is 1. The molecule has 31 heavy (non-hydrogen) atoms. The molecule has 2 aromatic rings. The first kappa shape index (κ1) is 20.7. The summed E-state index contributed by atoms with van der Waals surface area (Å²) in [6, 6.07) is 15.9. The van der Waals surface area contributed by atoms with E-state index >= 15 is 0 Å². The molecule has 1 aliphatic carbocycles. The molecule has 2 aromatic carbocycles. The molecule has 0 N–H and O–H groups in total. The summed E-state index contributed by atoms with van der Waals surface area (Å²) >= 11 is 12.5. The number of amides is 1. The highest BCUT2D eigenvalue weighted by atomic mass is 35.5. The molecule has 2 heterocycles. The Hall–Kier alpha value is -2.24. The number of halogens is 2. The van der Waals surface area contributed by atoms with E-state index in [2.05, 4.69) is 38.5 Å². The Balaban J connectivity index is 1.55. The van der Waals surface area contributed by atoms with Crippen molar-refractivity contribution < 1.29 is 4.79 Å². The van der Waals surface area contributed by atoms with E-state index in [0.29, 0.717) is 28.9 Å². The van der Waals surface area contributed by atoms with Crippen molar-refractivity contribution in [3.05, 3.63) is 69.7 Å². The lowest BCUT2D eigenvalue weighted by Crippen LogP contribution is -2.48. The number of nitrogens with zero attached hydrogens (tertiary/aromatic N) is 4. The number of rotatable bonds is 6. The fraction of sp³-hybridized carbons (Fsp3) is 0.417. The average Bonchev–Trinajstić information content (AvgIpc) is 3.44. The van der Waals surface area contributed by atoms with Crippen LogP contribution < -0.4 is 0 Å². The lowest BCUT2D eigenvalue weighted by atomic mass is 9.74. The molecule has 1 saturated heterocycles. The Bertz CT molecular complexity index is 1030. The quantitative estimate of drug-likeness (QED) is 0.505. The molecule has 0 radical (unpaired) electrons. The van der Waals surface area contributed by atoms with E-state index in [1.54, 1.807) is 0 Å². The summed E-state index contributed by atoms with van der Waals surface area (Å²) in [7, 11) is 0. The normalized spacial score (nSPS) is 25.7. The Kier molecular flexibility index (Phi) is 5.81. The van der Waals surface area contributed by atoms with Crippen LogP contribution in [0.1, 0.15) is 48.8 Å². The third-order valence-corrected chi connectivity index (χ3v) is 7.00. The van der Waals surface area contributed by atoms with Crippen LogP contribution in [0.3, 0.4) is 0 Å². The molecule has 1 amide bonds. The molecule has 3 aliphatic rings. The lowest BCUT2D eigenvalue weighted by Gasteiger charge is -2.45. The summed E-state index contributed by atoms with van der Waals surface area (Å²) in [4.78, 5) is 15.8. The molecule has 3 atom stereocenters. The molecule has 2 fully saturated rings. The van der Waals surface area contributed by atoms with Crippen molar-refractivity contribution in [3.8, 4) is 0 Å². The molecule has 160 valence electrons. The van der Waals surface area contributed by atoms with Gasteiger partial charge in [0.05, 0.1) is 11.8 Å². The number of hydrogen-bond acceptors (Lipinski definition) is 4. The van der Waals surface area contributed by atoms with Crippen molar-refractivity contribution in [1.29, 1.82) is 0 Å². The number of carbonyl (C=O) groups excluding carboxylic acids is 1. The minimum atomic E-state index is -0.131. The van der Waals surface area contributed by atoms with Gasteiger partial charge in [-0.25, -0.2) is 0 Å². The standard InChI is InChI=1S/C24H24Cl2N4O/c25-19-8-6-16(7-9-19)23-22(17-2-1-3-20(26)10-17)12-18(11-21-13-27-29-28-21)24(31)30(23)14-15-4-5-15/h1-3,6-10,15,18,22-23H,4-5,11-14H2/t18-,22-,23-/m1/s1. The van der Waals surface area contributed by atoms with Crippen LogP contribution in [0, 0.1) is 11.8 Å². The molecule has 2 aliphatic heterocycles. The van der Waals surface area contributed by atoms with Crippen molar-refractivity contribution >= 4 is 34.8 Å². The predicted molar refractivity (Wildman–Crippen MR) is 123 cm³/mol. The summed E-state index contributed by atoms with van der Waals surface area (Å²) in [6.45, 7) is 1.29. The van der Waals surface area contributed by atoms with E-state index in [1.165, 1.54) is 12.8 Å². The van der Waals surface area contributed by atoms with Gasteiger partial charge in [-0.1, -0.05) is 47.5 Å². The lowest BCUT2D eigenvalue weighted by molar-refractivity contribution is -0.143. The van der Waals surface area contributed by atoms with Crippen LogP contribution in [0.2, 0.25) is 10.0 Å². The fourth-order valence-corrected chi connectivity index (χ4v) is 5.16. The Labute approximate surface area is 192 Å². The molecule has 1 saturated carbocycles. The zero-order chi connectivity index (χ0) is 21.4. The second-order valence-electron chi connectivity index (χ2n) is 8.78. The fourth-order valence-electron chi connectivity index (χ4n) is 4.84. The minimum absolute atomic E-state index is 0.0417. The summed E-state index contributed by atoms with van der Waals surface area (Å²) in [5.74, 6) is 0.803. The smallest absolute Gasteiger partial charge is 0.226 e. The molecule has 0 aromatic heterocycles. The Morgan fingerprint density at radius 3 is 2.48 bits per heavy atom. The largest absolute Gasteiger partial charge is 0.335 e. The maximum absolute atomic E-state index is 13.7. The molecular weight excluding hydrogens is 431 g/mol. The first-order chi connectivity index (χ1) is 15.1. The van der Waals surface area contributed by atoms with Crippen LogP contribution >= 0.6 is 23.2 Å². The summed E-state index contributed by atoms with van der Waals surface area (Å²) in [5, 5.41) is 13.3. The molecule has 7 heteroatoms. The zero-order valence-corrected chi connectivity index (χ0v) is 18.6. The van der Waals surface area contributed by atoms with Crippen molar-refractivity contribution in [3.63, 3.8) is 0 Å². The van der Waals surface area contributed by atoms with Gasteiger partial charge in [0.15, 0.2) is 0 Å². The van der Waals surface area contributed by atoms with Crippen molar-refractivity contribution in [2.24, 2.45) is 27.3 Å². The maximum atomic E-state index is 13.7. The first-order valence-corrected chi connectivity index (χ1v) is 11.6. The van der Waals surface area contributed by atoms with E-state index in [4.69, 9.17) is 23.2 Å². The van der Waals surface area contributed by atoms with Crippen LogP contribution in [-0.4, -0.2) is 29.6 Å². The topological polar surface area (TPSA) is 57.4 Å². The van der Waals surface area contributed by atoms with Crippen LogP contribution in [0.15, 0.2) is 64.0 Å². The SMILES string of the molecule is O=C1[C@H](CC2=NN=NC2)C[C@H](c2cccc(Cl)c2)[C@@H](c2ccc(Cl)cc2)N1CC1CC1. The third-order valence-electron chi connectivity index (χ3n) is 6.51. The molecular formula is C24H24Cl2N4O. The number of hydrogen-bond donors (Lipinski definition) is 0. The predicted octanol–water partition coefficient (Wildman–Crippen LogP) is 6.29. The number of carbonyl (C=O) groups is 1. The van der Waals surface area contributed by atoms with Gasteiger partial charge in [0.25, 0.3) is 0 Å². The van der Waals surface area contributed by atoms with Crippen molar-refractivity contribution in [1.82, 2.24) is 4.90 Å². The van der Waals surface area contributed by atoms with E-state index in [9.17, 15) is 4.79 Å². The van der Waals surface area contributed by atoms with Gasteiger partial charge < -0.3 is 4.90 Å². The monoisotopic (exact) mass is 454 g/mol. The van der Waals surface area contributed by atoms with Gasteiger partial charge in [-0.05, 0) is 65.8 Å². The highest BCUT2D eigenvalue weighted by Crippen LogP contribution is 2.48. The van der Waals surface area contributed by atoms with Crippen LogP contribution in [0.4, 0.5) is 0 Å². The molecule has 5 nitrogen and oxygen atoms in total. The number of likely N-dealkylation sites (tertiary alicyclic amines) is 1. The highest BCUT2D eigenvalue weighted by Gasteiger charge is 2.45. The highest BCUT2D eigenvalue weighted by molar-refractivity contribution is 6.30. The van der Waals surface area contributed by atoms with Crippen molar-refractivity contribution in [2.75, 3.05) is 13.1 Å². The van der Waals surface area contributed by atoms with E-state index in [-0.39, 0.29) is 23.8 Å². The Morgan fingerprint density at radius 1 is 1.00 bits per heavy atom. The molecule has 5 rings (SSSR count). The van der Waals surface area contributed by atoms with Gasteiger partial charge in [0.1, 0.15) is 6.54 Å². The van der Waals surface area contributed by atoms with E-state index in [0.717, 1.165) is 29.8 Å². The molecule has 0 bridgehead atoms. The van der Waals surface area contributed by atoms with Gasteiger partial charge in [-0.3, -0.25) is 4.79 Å². The van der Waals surface area contributed by atoms with E-state index < -0.39 is 0 Å². The van der Waals surface area contributed by atoms with Crippen LogP contribution in [0.25, 0.3) is 0 Å². The van der Waals surface area contributed by atoms with Gasteiger partial charge in [-0.15, -0.1) is 5.10 Å². The molecule has 0 unspecified atom stereocenters. The third kappa shape index (κ3) is 4.53. The Morgan fingerprint density at radius 2 is 1.81 bits per heavy atom. The molecule has 0 spiro atoms. The second-order valence-corrected chi connectivity index (χ2v) is 9.66. The zero-order valence-electron chi connectivity index (χ0n) is 17.1. The van der Waals surface area contributed by atoms with Gasteiger partial charge >= 0.3 is 0 Å². The van der Waals surface area contributed by atoms with Crippen molar-refractivity contribution in [2.45, 2.75) is 37.6 Å².